The van der Waals surface area contributed by atoms with Gasteiger partial charge in [0, 0.05) is 25.7 Å². The van der Waals surface area contributed by atoms with Crippen LogP contribution in [0, 0.1) is 0 Å². The minimum atomic E-state index is -3.56. The maximum Gasteiger partial charge on any atom is 0.415 e. The first-order valence-electron chi connectivity index (χ1n) is 8.13. The van der Waals surface area contributed by atoms with Crippen LogP contribution >= 0.6 is 0 Å². The topological polar surface area (TPSA) is 102 Å². The molecule has 0 aliphatic rings. The van der Waals surface area contributed by atoms with E-state index in [1.165, 1.54) is 18.1 Å². The van der Waals surface area contributed by atoms with Crippen LogP contribution in [0.2, 0.25) is 0 Å². The van der Waals surface area contributed by atoms with Crippen molar-refractivity contribution >= 4 is 32.7 Å². The molecule has 2 heterocycles. The van der Waals surface area contributed by atoms with Gasteiger partial charge in [-0.1, -0.05) is 13.8 Å². The third-order valence-corrected chi connectivity index (χ3v) is 4.41. The van der Waals surface area contributed by atoms with Crippen LogP contribution in [-0.2, 0) is 14.6 Å². The Hall–Kier alpha value is -2.29. The van der Waals surface area contributed by atoms with Gasteiger partial charge in [-0.05, 0) is 32.3 Å². The number of anilines is 1. The summed E-state index contributed by atoms with van der Waals surface area (Å²) in [5.74, 6) is 0.367. The van der Waals surface area contributed by atoms with Gasteiger partial charge in [0.25, 0.3) is 0 Å². The second-order valence-corrected chi connectivity index (χ2v) is 9.33. The molecule has 0 fully saturated rings. The number of carbonyl (C=O) groups is 1. The predicted octanol–water partition coefficient (Wildman–Crippen LogP) is 2.92. The average molecular weight is 380 g/mol. The van der Waals surface area contributed by atoms with Gasteiger partial charge in [-0.15, -0.1) is 0 Å². The SMILES string of the molecule is CC(C)c1cnc(N(C)C(=O)OC(C)(C)C)c2cnc(S(C)(=O)=O)nc12. The Kier molecular flexibility index (Phi) is 5.23. The maximum absolute atomic E-state index is 12.4. The van der Waals surface area contributed by atoms with Gasteiger partial charge in [-0.25, -0.2) is 28.2 Å². The molecule has 0 radical (unpaired) electrons. The first-order valence-corrected chi connectivity index (χ1v) is 10.0. The lowest BCUT2D eigenvalue weighted by atomic mass is 10.0. The van der Waals surface area contributed by atoms with E-state index in [0.29, 0.717) is 16.7 Å². The number of aromatic nitrogens is 3. The predicted molar refractivity (Wildman–Crippen MR) is 99.2 cm³/mol. The highest BCUT2D eigenvalue weighted by atomic mass is 32.2. The standard InChI is InChI=1S/C17H24N4O4S/c1-10(2)11-8-18-14(21(6)16(22)25-17(3,4)5)12-9-19-15(20-13(11)12)26(7,23)24/h8-10H,1-7H3. The fourth-order valence-corrected chi connectivity index (χ4v) is 2.80. The quantitative estimate of drug-likeness (QED) is 0.754. The summed E-state index contributed by atoms with van der Waals surface area (Å²) < 4.78 is 29.0. The number of sulfone groups is 1. The highest BCUT2D eigenvalue weighted by molar-refractivity contribution is 7.90. The average Bonchev–Trinajstić information content (AvgIpc) is 2.49. The number of carbonyl (C=O) groups excluding carboxylic acids is 1. The smallest absolute Gasteiger partial charge is 0.415 e. The number of nitrogens with zero attached hydrogens (tertiary/aromatic N) is 4. The molecular formula is C17H24N4O4S. The molecule has 1 amide bonds. The summed E-state index contributed by atoms with van der Waals surface area (Å²) in [6, 6.07) is 0. The number of hydrogen-bond donors (Lipinski definition) is 0. The van der Waals surface area contributed by atoms with Crippen LogP contribution < -0.4 is 4.90 Å². The molecule has 0 N–H and O–H groups in total. The molecule has 8 nitrogen and oxygen atoms in total. The van der Waals surface area contributed by atoms with Gasteiger partial charge in [0.05, 0.1) is 10.9 Å². The van der Waals surface area contributed by atoms with E-state index >= 15 is 0 Å². The van der Waals surface area contributed by atoms with E-state index in [2.05, 4.69) is 15.0 Å². The molecule has 26 heavy (non-hydrogen) atoms. The number of ether oxygens (including phenoxy) is 1. The molecule has 2 aromatic heterocycles. The zero-order valence-electron chi connectivity index (χ0n) is 16.1. The maximum atomic E-state index is 12.4. The number of fused-ring (bicyclic) bond motifs is 1. The fourth-order valence-electron chi connectivity index (χ4n) is 2.30. The van der Waals surface area contributed by atoms with Crippen molar-refractivity contribution in [1.29, 1.82) is 0 Å². The molecule has 2 aromatic rings. The van der Waals surface area contributed by atoms with Gasteiger partial charge in [0.15, 0.2) is 0 Å². The van der Waals surface area contributed by atoms with Crippen LogP contribution in [0.4, 0.5) is 10.6 Å². The zero-order valence-corrected chi connectivity index (χ0v) is 16.9. The summed E-state index contributed by atoms with van der Waals surface area (Å²) in [5, 5.41) is 0.223. The minimum Gasteiger partial charge on any atom is -0.443 e. The lowest BCUT2D eigenvalue weighted by Gasteiger charge is -2.25. The fraction of sp³-hybridized carbons (Fsp3) is 0.529. The van der Waals surface area contributed by atoms with E-state index in [1.54, 1.807) is 27.0 Å². The van der Waals surface area contributed by atoms with Crippen molar-refractivity contribution in [2.24, 2.45) is 0 Å². The van der Waals surface area contributed by atoms with Gasteiger partial charge in [0.2, 0.25) is 15.0 Å². The summed E-state index contributed by atoms with van der Waals surface area (Å²) in [6.07, 6.45) is 3.46. The summed E-state index contributed by atoms with van der Waals surface area (Å²) in [4.78, 5) is 26.2. The van der Waals surface area contributed by atoms with Crippen molar-refractivity contribution in [1.82, 2.24) is 15.0 Å². The summed E-state index contributed by atoms with van der Waals surface area (Å²) in [7, 11) is -2.02. The first-order chi connectivity index (χ1) is 11.8. The van der Waals surface area contributed by atoms with E-state index in [1.807, 2.05) is 13.8 Å². The Labute approximate surface area is 153 Å². The van der Waals surface area contributed by atoms with Crippen LogP contribution in [0.5, 0.6) is 0 Å². The number of amides is 1. The molecule has 0 aromatic carbocycles. The molecule has 2 rings (SSSR count). The summed E-state index contributed by atoms with van der Waals surface area (Å²) >= 11 is 0. The molecule has 0 unspecified atom stereocenters. The number of pyridine rings is 1. The van der Waals surface area contributed by atoms with Crippen LogP contribution in [0.3, 0.4) is 0 Å². The summed E-state index contributed by atoms with van der Waals surface area (Å²) in [5.41, 5.74) is 0.573. The molecule has 9 heteroatoms. The third-order valence-electron chi connectivity index (χ3n) is 3.55. The van der Waals surface area contributed by atoms with Gasteiger partial charge >= 0.3 is 6.09 Å². The van der Waals surface area contributed by atoms with Crippen molar-refractivity contribution in [3.63, 3.8) is 0 Å². The third kappa shape index (κ3) is 4.27. The summed E-state index contributed by atoms with van der Waals surface area (Å²) in [6.45, 7) is 9.22. The highest BCUT2D eigenvalue weighted by Crippen LogP contribution is 2.30. The monoisotopic (exact) mass is 380 g/mol. The highest BCUT2D eigenvalue weighted by Gasteiger charge is 2.25. The van der Waals surface area contributed by atoms with Gasteiger partial charge in [-0.3, -0.25) is 4.90 Å². The zero-order chi connectivity index (χ0) is 19.9. The van der Waals surface area contributed by atoms with Gasteiger partial charge < -0.3 is 4.74 Å². The van der Waals surface area contributed by atoms with E-state index < -0.39 is 21.5 Å². The van der Waals surface area contributed by atoms with E-state index in [-0.39, 0.29) is 11.1 Å². The first kappa shape index (κ1) is 20.0. The molecule has 0 spiro atoms. The molecule has 0 atom stereocenters. The van der Waals surface area contributed by atoms with Crippen molar-refractivity contribution < 1.29 is 17.9 Å². The van der Waals surface area contributed by atoms with Crippen molar-refractivity contribution in [2.45, 2.75) is 51.3 Å². The normalized spacial score (nSPS) is 12.5. The Balaban J connectivity index is 2.66. The lowest BCUT2D eigenvalue weighted by Crippen LogP contribution is -2.34. The largest absolute Gasteiger partial charge is 0.443 e. The molecule has 0 saturated carbocycles. The molecule has 0 aliphatic heterocycles. The van der Waals surface area contributed by atoms with Gasteiger partial charge in [0.1, 0.15) is 11.4 Å². The van der Waals surface area contributed by atoms with E-state index in [4.69, 9.17) is 4.74 Å². The Morgan fingerprint density at radius 1 is 1.19 bits per heavy atom. The van der Waals surface area contributed by atoms with Crippen LogP contribution in [0.1, 0.15) is 46.1 Å². The molecule has 0 saturated heterocycles. The molecular weight excluding hydrogens is 356 g/mol. The molecule has 142 valence electrons. The number of hydrogen-bond acceptors (Lipinski definition) is 7. The Bertz CT molecular complexity index is 949. The molecule has 0 bridgehead atoms. The van der Waals surface area contributed by atoms with Crippen molar-refractivity contribution in [3.05, 3.63) is 18.0 Å². The van der Waals surface area contributed by atoms with Crippen molar-refractivity contribution in [3.8, 4) is 0 Å². The van der Waals surface area contributed by atoms with Crippen LogP contribution in [0.15, 0.2) is 17.6 Å². The van der Waals surface area contributed by atoms with E-state index in [0.717, 1.165) is 11.8 Å². The second-order valence-electron chi connectivity index (χ2n) is 7.42. The lowest BCUT2D eigenvalue weighted by molar-refractivity contribution is 0.0588. The van der Waals surface area contributed by atoms with Gasteiger partial charge in [-0.2, -0.15) is 0 Å². The van der Waals surface area contributed by atoms with E-state index in [9.17, 15) is 13.2 Å². The van der Waals surface area contributed by atoms with Crippen LogP contribution in [0.25, 0.3) is 10.9 Å². The minimum absolute atomic E-state index is 0.0631. The number of rotatable bonds is 3. The van der Waals surface area contributed by atoms with Crippen molar-refractivity contribution in [2.75, 3.05) is 18.2 Å². The second kappa shape index (κ2) is 6.79. The van der Waals surface area contributed by atoms with Crippen LogP contribution in [-0.4, -0.2) is 48.4 Å². The molecule has 0 aliphatic carbocycles. The Morgan fingerprint density at radius 2 is 1.81 bits per heavy atom. The Morgan fingerprint density at radius 3 is 2.31 bits per heavy atom.